The Bertz CT molecular complexity index is 911. The van der Waals surface area contributed by atoms with E-state index < -0.39 is 11.7 Å². The summed E-state index contributed by atoms with van der Waals surface area (Å²) in [5.41, 5.74) is 0.777. The highest BCUT2D eigenvalue weighted by Gasteiger charge is 2.11. The van der Waals surface area contributed by atoms with Gasteiger partial charge in [0.05, 0.1) is 10.2 Å². The predicted octanol–water partition coefficient (Wildman–Crippen LogP) is 3.70. The van der Waals surface area contributed by atoms with Crippen molar-refractivity contribution in [2.24, 2.45) is 0 Å². The van der Waals surface area contributed by atoms with Crippen LogP contribution < -0.4 is 10.6 Å². The van der Waals surface area contributed by atoms with Crippen molar-refractivity contribution in [3.05, 3.63) is 59.7 Å². The smallest absolute Gasteiger partial charge is 0.257 e. The number of carbonyl (C=O) groups is 1. The van der Waals surface area contributed by atoms with E-state index in [1.54, 1.807) is 6.07 Å². The number of thiocarbonyl (C=S) groups is 1. The van der Waals surface area contributed by atoms with E-state index in [9.17, 15) is 13.6 Å². The summed E-state index contributed by atoms with van der Waals surface area (Å²) in [5.74, 6) is -1.39. The van der Waals surface area contributed by atoms with E-state index in [2.05, 4.69) is 15.6 Å². The first kappa shape index (κ1) is 15.4. The maximum atomic E-state index is 13.1. The third-order valence-corrected chi connectivity index (χ3v) is 4.02. The Morgan fingerprint density at radius 1 is 1.13 bits per heavy atom. The number of aromatic nitrogens is 1. The fourth-order valence-electron chi connectivity index (χ4n) is 1.89. The Morgan fingerprint density at radius 3 is 2.70 bits per heavy atom. The van der Waals surface area contributed by atoms with Crippen molar-refractivity contribution in [1.82, 2.24) is 10.3 Å². The minimum atomic E-state index is -0.533. The summed E-state index contributed by atoms with van der Waals surface area (Å²) in [5, 5.41) is 5.64. The van der Waals surface area contributed by atoms with Crippen LogP contribution in [0.5, 0.6) is 0 Å². The van der Waals surface area contributed by atoms with Crippen LogP contribution in [-0.4, -0.2) is 16.0 Å². The van der Waals surface area contributed by atoms with Gasteiger partial charge in [0.15, 0.2) is 10.2 Å². The molecule has 1 heterocycles. The Morgan fingerprint density at radius 2 is 1.91 bits per heavy atom. The van der Waals surface area contributed by atoms with Gasteiger partial charge in [0.1, 0.15) is 11.6 Å². The lowest BCUT2D eigenvalue weighted by Crippen LogP contribution is -2.34. The number of amides is 1. The van der Waals surface area contributed by atoms with Crippen LogP contribution in [0.15, 0.2) is 42.5 Å². The number of hydrogen-bond donors (Lipinski definition) is 2. The van der Waals surface area contributed by atoms with Crippen LogP contribution in [-0.2, 0) is 0 Å². The third-order valence-electron chi connectivity index (χ3n) is 2.88. The van der Waals surface area contributed by atoms with Gasteiger partial charge in [0.25, 0.3) is 5.91 Å². The molecule has 8 heteroatoms. The second-order valence-electron chi connectivity index (χ2n) is 4.55. The molecule has 1 aromatic heterocycles. The van der Waals surface area contributed by atoms with Gasteiger partial charge in [-0.1, -0.05) is 17.4 Å². The minimum absolute atomic E-state index is 0.0267. The van der Waals surface area contributed by atoms with Gasteiger partial charge < -0.3 is 5.32 Å². The Kier molecular flexibility index (Phi) is 4.26. The number of fused-ring (bicyclic) bond motifs is 1. The molecular formula is C15H9F2N3OS2. The van der Waals surface area contributed by atoms with Gasteiger partial charge >= 0.3 is 0 Å². The second kappa shape index (κ2) is 6.35. The van der Waals surface area contributed by atoms with Gasteiger partial charge in [0.2, 0.25) is 0 Å². The highest BCUT2D eigenvalue weighted by atomic mass is 32.1. The zero-order valence-electron chi connectivity index (χ0n) is 11.5. The molecule has 0 aliphatic rings. The predicted molar refractivity (Wildman–Crippen MR) is 89.7 cm³/mol. The average molecular weight is 349 g/mol. The topological polar surface area (TPSA) is 54.0 Å². The molecule has 0 saturated heterocycles. The molecule has 0 saturated carbocycles. The lowest BCUT2D eigenvalue weighted by atomic mass is 10.2. The number of thiazole rings is 1. The van der Waals surface area contributed by atoms with Gasteiger partial charge in [-0.25, -0.2) is 13.8 Å². The molecule has 0 aliphatic heterocycles. The molecule has 0 radical (unpaired) electrons. The third kappa shape index (κ3) is 3.66. The molecule has 0 atom stereocenters. The standard InChI is InChI=1S/C15H9F2N3OS2/c16-9-3-1-2-8(6-9)13(21)19-14(22)20-15-18-11-5-4-10(17)7-12(11)23-15/h1-7H,(H2,18,19,20,21,22). The molecule has 0 fully saturated rings. The summed E-state index contributed by atoms with van der Waals surface area (Å²) in [6.45, 7) is 0. The van der Waals surface area contributed by atoms with E-state index >= 15 is 0 Å². The Labute approximate surface area is 139 Å². The monoisotopic (exact) mass is 349 g/mol. The maximum absolute atomic E-state index is 13.1. The van der Waals surface area contributed by atoms with Crippen molar-refractivity contribution in [2.45, 2.75) is 0 Å². The average Bonchev–Trinajstić information content (AvgIpc) is 2.88. The number of anilines is 1. The number of nitrogens with one attached hydrogen (secondary N) is 2. The summed E-state index contributed by atoms with van der Waals surface area (Å²) in [7, 11) is 0. The first-order valence-electron chi connectivity index (χ1n) is 6.45. The highest BCUT2D eigenvalue weighted by molar-refractivity contribution is 7.80. The molecule has 0 aliphatic carbocycles. The van der Waals surface area contributed by atoms with Crippen molar-refractivity contribution in [3.8, 4) is 0 Å². The van der Waals surface area contributed by atoms with E-state index in [1.807, 2.05) is 0 Å². The summed E-state index contributed by atoms with van der Waals surface area (Å²) < 4.78 is 26.9. The van der Waals surface area contributed by atoms with Crippen LogP contribution in [0, 0.1) is 11.6 Å². The second-order valence-corrected chi connectivity index (χ2v) is 5.99. The molecule has 23 heavy (non-hydrogen) atoms. The van der Waals surface area contributed by atoms with E-state index in [4.69, 9.17) is 12.2 Å². The zero-order chi connectivity index (χ0) is 16.4. The van der Waals surface area contributed by atoms with Crippen molar-refractivity contribution >= 4 is 49.9 Å². The molecule has 0 spiro atoms. The van der Waals surface area contributed by atoms with E-state index in [-0.39, 0.29) is 16.5 Å². The van der Waals surface area contributed by atoms with Gasteiger partial charge in [0, 0.05) is 5.56 Å². The summed E-state index contributed by atoms with van der Waals surface area (Å²) in [6.07, 6.45) is 0. The number of halogens is 2. The van der Waals surface area contributed by atoms with Crippen LogP contribution >= 0.6 is 23.6 Å². The van der Waals surface area contributed by atoms with Crippen LogP contribution in [0.25, 0.3) is 10.2 Å². The van der Waals surface area contributed by atoms with Gasteiger partial charge in [-0.2, -0.15) is 0 Å². The highest BCUT2D eigenvalue weighted by Crippen LogP contribution is 2.26. The van der Waals surface area contributed by atoms with E-state index in [0.717, 1.165) is 6.07 Å². The van der Waals surface area contributed by atoms with Gasteiger partial charge in [-0.3, -0.25) is 10.1 Å². The molecule has 0 bridgehead atoms. The van der Waals surface area contributed by atoms with E-state index in [1.165, 1.54) is 41.7 Å². The van der Waals surface area contributed by atoms with Crippen molar-refractivity contribution in [1.29, 1.82) is 0 Å². The zero-order valence-corrected chi connectivity index (χ0v) is 13.1. The Balaban J connectivity index is 1.69. The van der Waals surface area contributed by atoms with Crippen LogP contribution in [0.4, 0.5) is 13.9 Å². The normalized spacial score (nSPS) is 10.5. The fraction of sp³-hybridized carbons (Fsp3) is 0. The number of hydrogen-bond acceptors (Lipinski definition) is 4. The van der Waals surface area contributed by atoms with Crippen molar-refractivity contribution in [2.75, 3.05) is 5.32 Å². The van der Waals surface area contributed by atoms with Crippen molar-refractivity contribution < 1.29 is 13.6 Å². The molecular weight excluding hydrogens is 340 g/mol. The lowest BCUT2D eigenvalue weighted by Gasteiger charge is -2.07. The van der Waals surface area contributed by atoms with Crippen LogP contribution in [0.3, 0.4) is 0 Å². The lowest BCUT2D eigenvalue weighted by molar-refractivity contribution is 0.0977. The minimum Gasteiger partial charge on any atom is -0.308 e. The molecule has 4 nitrogen and oxygen atoms in total. The van der Waals surface area contributed by atoms with Gasteiger partial charge in [-0.05, 0) is 48.6 Å². The fourth-order valence-corrected chi connectivity index (χ4v) is 3.03. The largest absolute Gasteiger partial charge is 0.308 e. The van der Waals surface area contributed by atoms with E-state index in [0.29, 0.717) is 15.3 Å². The number of carbonyl (C=O) groups excluding carboxylic acids is 1. The number of nitrogens with zero attached hydrogens (tertiary/aromatic N) is 1. The summed E-state index contributed by atoms with van der Waals surface area (Å²) >= 11 is 6.24. The van der Waals surface area contributed by atoms with Crippen LogP contribution in [0.1, 0.15) is 10.4 Å². The molecule has 2 N–H and O–H groups in total. The molecule has 3 aromatic rings. The van der Waals surface area contributed by atoms with Gasteiger partial charge in [-0.15, -0.1) is 0 Å². The van der Waals surface area contributed by atoms with Crippen LogP contribution in [0.2, 0.25) is 0 Å². The molecule has 116 valence electrons. The number of benzene rings is 2. The maximum Gasteiger partial charge on any atom is 0.257 e. The number of rotatable bonds is 2. The van der Waals surface area contributed by atoms with Crippen molar-refractivity contribution in [3.63, 3.8) is 0 Å². The summed E-state index contributed by atoms with van der Waals surface area (Å²) in [4.78, 5) is 16.2. The Hall–Kier alpha value is -2.45. The molecule has 1 amide bonds. The first-order valence-corrected chi connectivity index (χ1v) is 7.68. The quantitative estimate of drug-likeness (QED) is 0.693. The molecule has 3 rings (SSSR count). The SMILES string of the molecule is O=C(NC(=S)Nc1nc2ccc(F)cc2s1)c1cccc(F)c1. The molecule has 0 unspecified atom stereocenters. The molecule has 2 aromatic carbocycles. The first-order chi connectivity index (χ1) is 11.0. The summed E-state index contributed by atoms with van der Waals surface area (Å²) in [6, 6.07) is 9.50.